The van der Waals surface area contributed by atoms with Gasteiger partial charge in [0.1, 0.15) is 5.75 Å². The summed E-state index contributed by atoms with van der Waals surface area (Å²) in [4.78, 5) is 13.2. The standard InChI is InChI=1S/C32H41ClO6/c1-6-17-36-31-29(38-19-9-10-22(4)5)26-16-13-24(33)21-27(26)30(32(31)37-18-7-2)39-28(34)20-23-11-14-25(15-12-23)35-8-3/h11-16,21-22H,6-10,17-20H2,1-5H3. The van der Waals surface area contributed by atoms with Gasteiger partial charge in [0.25, 0.3) is 0 Å². The van der Waals surface area contributed by atoms with Gasteiger partial charge in [-0.2, -0.15) is 0 Å². The average Bonchev–Trinajstić information content (AvgIpc) is 2.91. The molecule has 3 aromatic carbocycles. The highest BCUT2D eigenvalue weighted by molar-refractivity contribution is 6.31. The number of fused-ring (bicyclic) bond motifs is 1. The van der Waals surface area contributed by atoms with E-state index in [9.17, 15) is 4.79 Å². The molecule has 0 aliphatic rings. The van der Waals surface area contributed by atoms with Crippen LogP contribution in [0.1, 0.15) is 65.9 Å². The Morgan fingerprint density at radius 1 is 0.769 bits per heavy atom. The summed E-state index contributed by atoms with van der Waals surface area (Å²) in [5, 5.41) is 1.90. The third kappa shape index (κ3) is 8.69. The number of halogens is 1. The number of hydrogen-bond donors (Lipinski definition) is 0. The van der Waals surface area contributed by atoms with E-state index < -0.39 is 5.97 Å². The van der Waals surface area contributed by atoms with Crippen LogP contribution in [0.2, 0.25) is 5.02 Å². The molecule has 7 heteroatoms. The van der Waals surface area contributed by atoms with Gasteiger partial charge in [-0.3, -0.25) is 4.79 Å². The highest BCUT2D eigenvalue weighted by Crippen LogP contribution is 2.52. The molecule has 0 amide bonds. The van der Waals surface area contributed by atoms with Gasteiger partial charge in [-0.15, -0.1) is 0 Å². The van der Waals surface area contributed by atoms with Crippen LogP contribution < -0.4 is 23.7 Å². The Hall–Kier alpha value is -3.12. The van der Waals surface area contributed by atoms with Crippen molar-refractivity contribution >= 4 is 28.3 Å². The fourth-order valence-corrected chi connectivity index (χ4v) is 4.29. The SMILES string of the molecule is CCCOc1c(OCCC)c(OC(=O)Cc2ccc(OCC)cc2)c2cc(Cl)ccc2c1OCCCC(C)C. The van der Waals surface area contributed by atoms with Gasteiger partial charge in [-0.25, -0.2) is 0 Å². The molecular weight excluding hydrogens is 516 g/mol. The summed E-state index contributed by atoms with van der Waals surface area (Å²) >= 11 is 6.43. The van der Waals surface area contributed by atoms with Crippen LogP contribution in [0.3, 0.4) is 0 Å². The van der Waals surface area contributed by atoms with Gasteiger partial charge in [0, 0.05) is 15.8 Å². The van der Waals surface area contributed by atoms with Crippen molar-refractivity contribution in [3.63, 3.8) is 0 Å². The van der Waals surface area contributed by atoms with Crippen molar-refractivity contribution in [2.45, 2.75) is 66.7 Å². The number of esters is 1. The molecule has 0 aliphatic heterocycles. The maximum atomic E-state index is 13.2. The summed E-state index contributed by atoms with van der Waals surface area (Å²) < 4.78 is 30.3. The second kappa shape index (κ2) is 15.5. The quantitative estimate of drug-likeness (QED) is 0.100. The Kier molecular flexibility index (Phi) is 12.1. The molecule has 0 atom stereocenters. The summed E-state index contributed by atoms with van der Waals surface area (Å²) in [5.41, 5.74) is 0.814. The molecule has 0 unspecified atom stereocenters. The summed E-state index contributed by atoms with van der Waals surface area (Å²) in [7, 11) is 0. The van der Waals surface area contributed by atoms with Crippen molar-refractivity contribution in [2.24, 2.45) is 5.92 Å². The van der Waals surface area contributed by atoms with Crippen LogP contribution in [-0.2, 0) is 11.2 Å². The van der Waals surface area contributed by atoms with Crippen LogP contribution in [0.5, 0.6) is 28.7 Å². The Bertz CT molecular complexity index is 1210. The van der Waals surface area contributed by atoms with Crippen LogP contribution in [0, 0.1) is 5.92 Å². The van der Waals surface area contributed by atoms with Crippen molar-refractivity contribution in [3.05, 3.63) is 53.1 Å². The molecule has 39 heavy (non-hydrogen) atoms. The van der Waals surface area contributed by atoms with Crippen molar-refractivity contribution in [1.29, 1.82) is 0 Å². The first-order chi connectivity index (χ1) is 18.9. The second-order valence-electron chi connectivity index (χ2n) is 9.82. The van der Waals surface area contributed by atoms with Gasteiger partial charge >= 0.3 is 5.97 Å². The highest BCUT2D eigenvalue weighted by Gasteiger charge is 2.27. The van der Waals surface area contributed by atoms with Crippen molar-refractivity contribution in [3.8, 4) is 28.7 Å². The van der Waals surface area contributed by atoms with Gasteiger partial charge in [0.05, 0.1) is 32.8 Å². The Morgan fingerprint density at radius 3 is 2.03 bits per heavy atom. The number of ether oxygens (including phenoxy) is 5. The topological polar surface area (TPSA) is 63.2 Å². The molecule has 3 aromatic rings. The number of hydrogen-bond acceptors (Lipinski definition) is 6. The zero-order valence-corrected chi connectivity index (χ0v) is 24.6. The molecule has 212 valence electrons. The molecule has 0 heterocycles. The first kappa shape index (κ1) is 30.4. The summed E-state index contributed by atoms with van der Waals surface area (Å²) in [6.07, 6.45) is 3.61. The minimum Gasteiger partial charge on any atom is -0.494 e. The minimum absolute atomic E-state index is 0.0836. The van der Waals surface area contributed by atoms with E-state index in [-0.39, 0.29) is 12.2 Å². The van der Waals surface area contributed by atoms with E-state index in [0.29, 0.717) is 60.0 Å². The normalized spacial score (nSPS) is 11.1. The first-order valence-corrected chi connectivity index (χ1v) is 14.4. The molecule has 0 saturated carbocycles. The summed E-state index contributed by atoms with van der Waals surface area (Å²) in [6, 6.07) is 12.9. The molecular formula is C32H41ClO6. The van der Waals surface area contributed by atoms with Crippen LogP contribution in [0.15, 0.2) is 42.5 Å². The molecule has 0 bridgehead atoms. The van der Waals surface area contributed by atoms with Crippen molar-refractivity contribution in [1.82, 2.24) is 0 Å². The zero-order valence-electron chi connectivity index (χ0n) is 23.8. The molecule has 0 radical (unpaired) electrons. The molecule has 6 nitrogen and oxygen atoms in total. The predicted molar refractivity (Wildman–Crippen MR) is 157 cm³/mol. The third-order valence-corrected chi connectivity index (χ3v) is 6.20. The molecule has 0 N–H and O–H groups in total. The number of rotatable bonds is 16. The average molecular weight is 557 g/mol. The Balaban J connectivity index is 2.05. The molecule has 0 aromatic heterocycles. The van der Waals surface area contributed by atoms with Crippen LogP contribution in [0.25, 0.3) is 10.8 Å². The van der Waals surface area contributed by atoms with Gasteiger partial charge in [-0.1, -0.05) is 51.4 Å². The largest absolute Gasteiger partial charge is 0.494 e. The Labute approximate surface area is 237 Å². The fourth-order valence-electron chi connectivity index (χ4n) is 4.12. The van der Waals surface area contributed by atoms with Crippen LogP contribution in [-0.4, -0.2) is 32.4 Å². The molecule has 3 rings (SSSR count). The summed E-state index contributed by atoms with van der Waals surface area (Å²) in [6.45, 7) is 12.4. The second-order valence-corrected chi connectivity index (χ2v) is 10.3. The van der Waals surface area contributed by atoms with E-state index in [0.717, 1.165) is 42.4 Å². The maximum absolute atomic E-state index is 13.2. The van der Waals surface area contributed by atoms with E-state index in [1.807, 2.05) is 51.1 Å². The fraction of sp³-hybridized carbons (Fsp3) is 0.469. The Morgan fingerprint density at radius 2 is 1.41 bits per heavy atom. The van der Waals surface area contributed by atoms with E-state index in [4.69, 9.17) is 35.3 Å². The first-order valence-electron chi connectivity index (χ1n) is 14.0. The molecule has 0 saturated heterocycles. The predicted octanol–water partition coefficient (Wildman–Crippen LogP) is 8.43. The third-order valence-electron chi connectivity index (χ3n) is 5.96. The summed E-state index contributed by atoms with van der Waals surface area (Å²) in [5.74, 6) is 2.60. The van der Waals surface area contributed by atoms with E-state index in [1.54, 1.807) is 12.1 Å². The van der Waals surface area contributed by atoms with Gasteiger partial charge in [0.15, 0.2) is 11.5 Å². The lowest BCUT2D eigenvalue weighted by molar-refractivity contribution is -0.133. The highest BCUT2D eigenvalue weighted by atomic mass is 35.5. The lowest BCUT2D eigenvalue weighted by Gasteiger charge is -2.22. The van der Waals surface area contributed by atoms with E-state index >= 15 is 0 Å². The monoisotopic (exact) mass is 556 g/mol. The van der Waals surface area contributed by atoms with Gasteiger partial charge in [-0.05, 0) is 74.4 Å². The molecule has 0 spiro atoms. The van der Waals surface area contributed by atoms with Crippen LogP contribution >= 0.6 is 11.6 Å². The van der Waals surface area contributed by atoms with Gasteiger partial charge in [0.2, 0.25) is 11.5 Å². The number of carbonyl (C=O) groups excluding carboxylic acids is 1. The van der Waals surface area contributed by atoms with E-state index in [2.05, 4.69) is 13.8 Å². The molecule has 0 aliphatic carbocycles. The lowest BCUT2D eigenvalue weighted by atomic mass is 10.1. The lowest BCUT2D eigenvalue weighted by Crippen LogP contribution is -2.14. The minimum atomic E-state index is -0.422. The van der Waals surface area contributed by atoms with Gasteiger partial charge < -0.3 is 23.7 Å². The van der Waals surface area contributed by atoms with Crippen molar-refractivity contribution < 1.29 is 28.5 Å². The molecule has 0 fully saturated rings. The maximum Gasteiger partial charge on any atom is 0.315 e. The zero-order chi connectivity index (χ0) is 28.2. The van der Waals surface area contributed by atoms with E-state index in [1.165, 1.54) is 0 Å². The number of benzene rings is 3. The number of carbonyl (C=O) groups is 1. The smallest absolute Gasteiger partial charge is 0.315 e. The van der Waals surface area contributed by atoms with Crippen LogP contribution in [0.4, 0.5) is 0 Å². The van der Waals surface area contributed by atoms with Crippen molar-refractivity contribution in [2.75, 3.05) is 26.4 Å².